The Labute approximate surface area is 179 Å². The summed E-state index contributed by atoms with van der Waals surface area (Å²) in [5.41, 5.74) is 4.72. The van der Waals surface area contributed by atoms with Crippen LogP contribution in [0.1, 0.15) is 35.0 Å². The maximum Gasteiger partial charge on any atom is 0.264 e. The third-order valence-corrected chi connectivity index (χ3v) is 5.35. The zero-order valence-electron chi connectivity index (χ0n) is 17.5. The molecule has 7 heteroatoms. The molecule has 1 amide bonds. The number of ether oxygens (including phenoxy) is 1. The van der Waals surface area contributed by atoms with Crippen LogP contribution in [0.2, 0.25) is 0 Å². The van der Waals surface area contributed by atoms with Crippen LogP contribution in [0, 0.1) is 4.91 Å². The lowest BCUT2D eigenvalue weighted by Crippen LogP contribution is -2.03. The molecule has 0 fully saturated rings. The number of carbonyl (C=O) groups excluding carboxylic acids is 2. The zero-order valence-corrected chi connectivity index (χ0v) is 17.5. The lowest BCUT2D eigenvalue weighted by molar-refractivity contribution is -0.427. The molecule has 0 bridgehead atoms. The number of rotatable bonds is 6. The van der Waals surface area contributed by atoms with Gasteiger partial charge in [-0.25, -0.2) is 0 Å². The van der Waals surface area contributed by atoms with Gasteiger partial charge in [0.2, 0.25) is 0 Å². The average molecular weight is 416 g/mol. The van der Waals surface area contributed by atoms with Gasteiger partial charge in [-0.1, -0.05) is 31.2 Å². The minimum atomic E-state index is -0.267. The monoisotopic (exact) mass is 416 g/mol. The van der Waals surface area contributed by atoms with Gasteiger partial charge >= 0.3 is 0 Å². The number of hydrogen-bond acceptors (Lipinski definition) is 4. The number of hydrogen-bond donors (Lipinski definition) is 2. The minimum Gasteiger partial charge on any atom is -0.495 e. The van der Waals surface area contributed by atoms with Crippen LogP contribution in [-0.2, 0) is 4.79 Å². The second kappa shape index (κ2) is 8.02. The van der Waals surface area contributed by atoms with Crippen LogP contribution in [0.3, 0.4) is 0 Å². The summed E-state index contributed by atoms with van der Waals surface area (Å²) in [6.07, 6.45) is 3.86. The van der Waals surface area contributed by atoms with E-state index in [1.807, 2.05) is 6.92 Å². The van der Waals surface area contributed by atoms with E-state index >= 15 is 0 Å². The van der Waals surface area contributed by atoms with Gasteiger partial charge < -0.3 is 15.0 Å². The molecule has 0 saturated carbocycles. The van der Waals surface area contributed by atoms with E-state index in [0.29, 0.717) is 51.5 Å². The Kier molecular flexibility index (Phi) is 5.25. The minimum absolute atomic E-state index is 0.0438. The summed E-state index contributed by atoms with van der Waals surface area (Å²) in [4.78, 5) is 40.3. The van der Waals surface area contributed by atoms with Crippen LogP contribution in [0.25, 0.3) is 22.8 Å². The number of nitrogens with zero attached hydrogens (tertiary/aromatic N) is 1. The van der Waals surface area contributed by atoms with Crippen LogP contribution in [-0.4, -0.2) is 35.6 Å². The lowest BCUT2D eigenvalue weighted by atomic mass is 9.91. The van der Waals surface area contributed by atoms with E-state index in [1.54, 1.807) is 61.8 Å². The van der Waals surface area contributed by atoms with E-state index in [9.17, 15) is 14.5 Å². The van der Waals surface area contributed by atoms with Crippen molar-refractivity contribution >= 4 is 34.7 Å². The topological polar surface area (TPSA) is 91.3 Å². The van der Waals surface area contributed by atoms with Crippen molar-refractivity contribution in [3.8, 4) is 16.9 Å². The molecule has 0 saturated heterocycles. The Bertz CT molecular complexity index is 1240. The Balaban J connectivity index is 1.94. The average Bonchev–Trinajstić information content (AvgIpc) is 3.36. The fraction of sp³-hybridized carbons (Fsp3) is 0.167. The number of benzene rings is 2. The van der Waals surface area contributed by atoms with Crippen molar-refractivity contribution in [1.29, 1.82) is 0 Å². The van der Waals surface area contributed by atoms with Gasteiger partial charge in [0.05, 0.1) is 29.6 Å². The zero-order chi connectivity index (χ0) is 22.1. The molecule has 156 valence electrons. The van der Waals surface area contributed by atoms with Crippen LogP contribution in [0.5, 0.6) is 5.75 Å². The number of nitrogens with one attached hydrogen (secondary N) is 2. The van der Waals surface area contributed by atoms with Crippen LogP contribution < -0.4 is 10.1 Å². The van der Waals surface area contributed by atoms with E-state index < -0.39 is 0 Å². The van der Waals surface area contributed by atoms with Crippen LogP contribution in [0.15, 0.2) is 48.7 Å². The SMILES string of the molecule is CCC(=O)c1ccc(-c2c([N+](C)=O)ccc3c2/C(=C/c2[nH]ccc2OC)C(=O)N3)cc1. The molecule has 1 aromatic heterocycles. The standard InChI is InChI=1S/C24H21N3O4/c1-4-20(28)14-5-7-15(8-6-14)22-19(27(2)30)10-9-17-23(22)16(24(29)26-17)13-18-21(31-3)11-12-25-18/h5-13H,4H2,1-3H3,(H-,25,26,28,29,30)/p+1. The largest absolute Gasteiger partial charge is 0.495 e. The maximum absolute atomic E-state index is 12.8. The van der Waals surface area contributed by atoms with E-state index in [1.165, 1.54) is 7.05 Å². The molecule has 7 nitrogen and oxygen atoms in total. The first-order valence-electron chi connectivity index (χ1n) is 9.90. The van der Waals surface area contributed by atoms with Gasteiger partial charge in [-0.2, -0.15) is 0 Å². The summed E-state index contributed by atoms with van der Waals surface area (Å²) in [5, 5.41) is 2.88. The molecule has 0 radical (unpaired) electrons. The first kappa shape index (κ1) is 20.3. The number of aromatic nitrogens is 1. The van der Waals surface area contributed by atoms with Crippen molar-refractivity contribution in [3.05, 3.63) is 70.4 Å². The summed E-state index contributed by atoms with van der Waals surface area (Å²) in [5.74, 6) is 0.383. The summed E-state index contributed by atoms with van der Waals surface area (Å²) < 4.78 is 6.12. The third kappa shape index (κ3) is 3.54. The molecule has 0 spiro atoms. The van der Waals surface area contributed by atoms with E-state index in [4.69, 9.17) is 4.74 Å². The molecule has 0 unspecified atom stereocenters. The fourth-order valence-electron chi connectivity index (χ4n) is 3.80. The first-order chi connectivity index (χ1) is 14.9. The number of aromatic amines is 1. The van der Waals surface area contributed by atoms with Crippen molar-refractivity contribution in [2.75, 3.05) is 19.5 Å². The molecule has 31 heavy (non-hydrogen) atoms. The number of nitroso groups, excluding NO2 is 1. The lowest BCUT2D eigenvalue weighted by Gasteiger charge is -2.10. The molecule has 2 aromatic carbocycles. The highest BCUT2D eigenvalue weighted by Crippen LogP contribution is 2.45. The number of Topliss-reactive ketones (excluding diaryl/α,β-unsaturated/α-hetero) is 1. The van der Waals surface area contributed by atoms with E-state index in [0.717, 1.165) is 10.3 Å². The summed E-state index contributed by atoms with van der Waals surface area (Å²) >= 11 is 0. The number of anilines is 1. The molecule has 4 rings (SSSR count). The maximum atomic E-state index is 12.8. The second-order valence-corrected chi connectivity index (χ2v) is 7.21. The van der Waals surface area contributed by atoms with Crippen molar-refractivity contribution in [1.82, 2.24) is 4.98 Å². The van der Waals surface area contributed by atoms with Crippen LogP contribution >= 0.6 is 0 Å². The summed E-state index contributed by atoms with van der Waals surface area (Å²) in [7, 11) is 2.98. The molecule has 2 N–H and O–H groups in total. The van der Waals surface area contributed by atoms with Crippen molar-refractivity contribution in [2.24, 2.45) is 0 Å². The molecule has 2 heterocycles. The predicted molar refractivity (Wildman–Crippen MR) is 120 cm³/mol. The predicted octanol–water partition coefficient (Wildman–Crippen LogP) is 4.82. The Hall–Kier alpha value is -4.00. The fourth-order valence-corrected chi connectivity index (χ4v) is 3.80. The van der Waals surface area contributed by atoms with Gasteiger partial charge in [-0.15, -0.1) is 0 Å². The summed E-state index contributed by atoms with van der Waals surface area (Å²) in [6.45, 7) is 1.81. The molecule has 1 aliphatic rings. The first-order valence-corrected chi connectivity index (χ1v) is 9.90. The van der Waals surface area contributed by atoms with Crippen molar-refractivity contribution in [2.45, 2.75) is 13.3 Å². The van der Waals surface area contributed by atoms with Crippen LogP contribution in [0.4, 0.5) is 11.4 Å². The smallest absolute Gasteiger partial charge is 0.264 e. The second-order valence-electron chi connectivity index (χ2n) is 7.21. The van der Waals surface area contributed by atoms with Gasteiger partial charge in [0.15, 0.2) is 12.8 Å². The van der Waals surface area contributed by atoms with Gasteiger partial charge in [-0.05, 0) is 23.8 Å². The number of carbonyl (C=O) groups is 2. The summed E-state index contributed by atoms with van der Waals surface area (Å²) in [6, 6.07) is 12.3. The third-order valence-electron chi connectivity index (χ3n) is 5.35. The Morgan fingerprint density at radius 1 is 1.10 bits per heavy atom. The van der Waals surface area contributed by atoms with Gasteiger partial charge in [-0.3, -0.25) is 9.59 Å². The highest BCUT2D eigenvalue weighted by Gasteiger charge is 2.33. The number of H-pyrrole nitrogens is 1. The highest BCUT2D eigenvalue weighted by molar-refractivity contribution is 6.36. The molecule has 0 atom stereocenters. The molecule has 1 aliphatic heterocycles. The highest BCUT2D eigenvalue weighted by atomic mass is 16.5. The van der Waals surface area contributed by atoms with Crippen molar-refractivity contribution in [3.63, 3.8) is 0 Å². The van der Waals surface area contributed by atoms with Gasteiger partial charge in [0, 0.05) is 39.5 Å². The quantitative estimate of drug-likeness (QED) is 0.343. The van der Waals surface area contributed by atoms with Gasteiger partial charge in [0.25, 0.3) is 11.6 Å². The van der Waals surface area contributed by atoms with E-state index in [2.05, 4.69) is 10.3 Å². The van der Waals surface area contributed by atoms with Gasteiger partial charge in [0.1, 0.15) is 5.75 Å². The number of amides is 1. The number of methoxy groups -OCH3 is 1. The molecule has 3 aromatic rings. The Morgan fingerprint density at radius 2 is 1.84 bits per heavy atom. The van der Waals surface area contributed by atoms with Crippen molar-refractivity contribution < 1.29 is 19.1 Å². The number of fused-ring (bicyclic) bond motifs is 1. The molecular formula is C24H22N3O4+. The number of ketones is 1. The molecule has 0 aliphatic carbocycles. The molecular weight excluding hydrogens is 394 g/mol. The normalized spacial score (nSPS) is 13.8. The Morgan fingerprint density at radius 3 is 2.48 bits per heavy atom. The van der Waals surface area contributed by atoms with E-state index in [-0.39, 0.29) is 11.7 Å².